The fraction of sp³-hybridized carbons (Fsp3) is 0.0769. The summed E-state index contributed by atoms with van der Waals surface area (Å²) in [5.74, 6) is 0.382. The van der Waals surface area contributed by atoms with Crippen molar-refractivity contribution in [2.24, 2.45) is 0 Å². The van der Waals surface area contributed by atoms with Crippen molar-refractivity contribution in [3.05, 3.63) is 59.3 Å². The first-order valence-electron chi connectivity index (χ1n) is 5.14. The molecule has 0 aliphatic rings. The normalized spacial score (nSPS) is 10.9. The van der Waals surface area contributed by atoms with Gasteiger partial charge in [-0.05, 0) is 36.4 Å². The van der Waals surface area contributed by atoms with Crippen molar-refractivity contribution in [2.45, 2.75) is 0 Å². The predicted molar refractivity (Wildman–Crippen MR) is 67.6 cm³/mol. The van der Waals surface area contributed by atoms with Gasteiger partial charge in [0, 0.05) is 12.2 Å². The van der Waals surface area contributed by atoms with Gasteiger partial charge in [-0.25, -0.2) is 4.39 Å². The van der Waals surface area contributed by atoms with Gasteiger partial charge in [0.15, 0.2) is 0 Å². The van der Waals surface area contributed by atoms with E-state index >= 15 is 0 Å². The summed E-state index contributed by atoms with van der Waals surface area (Å²) in [6.07, 6.45) is 5.39. The first kappa shape index (κ1) is 11.7. The van der Waals surface area contributed by atoms with Crippen LogP contribution in [0, 0.1) is 5.82 Å². The number of nitrogens with one attached hydrogen (secondary N) is 1. The number of anilines is 1. The first-order valence-corrected chi connectivity index (χ1v) is 5.52. The third kappa shape index (κ3) is 3.36. The number of furan rings is 1. The lowest BCUT2D eigenvalue weighted by Crippen LogP contribution is -1.97. The van der Waals surface area contributed by atoms with Gasteiger partial charge in [0.1, 0.15) is 11.6 Å². The van der Waals surface area contributed by atoms with Gasteiger partial charge in [0.05, 0.1) is 11.3 Å². The molecule has 1 heterocycles. The van der Waals surface area contributed by atoms with E-state index in [1.807, 2.05) is 24.3 Å². The molecule has 88 valence electrons. The van der Waals surface area contributed by atoms with E-state index in [4.69, 9.17) is 16.0 Å². The maximum Gasteiger partial charge on any atom is 0.141 e. The van der Waals surface area contributed by atoms with E-state index in [-0.39, 0.29) is 5.02 Å². The van der Waals surface area contributed by atoms with E-state index in [0.717, 1.165) is 11.4 Å². The number of benzene rings is 1. The summed E-state index contributed by atoms with van der Waals surface area (Å²) in [5.41, 5.74) is 0.778. The highest BCUT2D eigenvalue weighted by molar-refractivity contribution is 6.31. The molecule has 0 atom stereocenters. The average Bonchev–Trinajstić information content (AvgIpc) is 2.82. The van der Waals surface area contributed by atoms with E-state index in [2.05, 4.69) is 5.32 Å². The summed E-state index contributed by atoms with van der Waals surface area (Å²) >= 11 is 5.66. The van der Waals surface area contributed by atoms with Crippen molar-refractivity contribution in [3.63, 3.8) is 0 Å². The van der Waals surface area contributed by atoms with Crippen LogP contribution in [-0.2, 0) is 0 Å². The predicted octanol–water partition coefficient (Wildman–Crippen LogP) is 4.20. The summed E-state index contributed by atoms with van der Waals surface area (Å²) in [6, 6.07) is 8.22. The number of hydrogen-bond donors (Lipinski definition) is 1. The monoisotopic (exact) mass is 251 g/mol. The van der Waals surface area contributed by atoms with Gasteiger partial charge in [-0.15, -0.1) is 0 Å². The lowest BCUT2D eigenvalue weighted by molar-refractivity contribution is 0.557. The van der Waals surface area contributed by atoms with Gasteiger partial charge in [-0.1, -0.05) is 17.7 Å². The zero-order chi connectivity index (χ0) is 12.1. The van der Waals surface area contributed by atoms with E-state index in [9.17, 15) is 4.39 Å². The number of halogens is 2. The second-order valence-corrected chi connectivity index (χ2v) is 3.83. The Hall–Kier alpha value is -1.74. The lowest BCUT2D eigenvalue weighted by Gasteiger charge is -2.03. The highest BCUT2D eigenvalue weighted by Gasteiger charge is 1.99. The maximum absolute atomic E-state index is 12.9. The minimum Gasteiger partial charge on any atom is -0.465 e. The molecule has 1 N–H and O–H groups in total. The van der Waals surface area contributed by atoms with Crippen LogP contribution in [0.2, 0.25) is 5.02 Å². The van der Waals surface area contributed by atoms with Gasteiger partial charge in [0.25, 0.3) is 0 Å². The van der Waals surface area contributed by atoms with Crippen molar-refractivity contribution in [2.75, 3.05) is 11.9 Å². The van der Waals surface area contributed by atoms with Crippen LogP contribution in [0.3, 0.4) is 0 Å². The fourth-order valence-corrected chi connectivity index (χ4v) is 1.52. The van der Waals surface area contributed by atoms with Crippen molar-refractivity contribution in [1.82, 2.24) is 0 Å². The van der Waals surface area contributed by atoms with Crippen molar-refractivity contribution < 1.29 is 8.81 Å². The molecular weight excluding hydrogens is 241 g/mol. The summed E-state index contributed by atoms with van der Waals surface area (Å²) in [6.45, 7) is 0.614. The molecule has 0 amide bonds. The maximum atomic E-state index is 12.9. The molecule has 0 bridgehead atoms. The van der Waals surface area contributed by atoms with Crippen LogP contribution in [-0.4, -0.2) is 6.54 Å². The van der Waals surface area contributed by atoms with Crippen molar-refractivity contribution in [3.8, 4) is 0 Å². The Morgan fingerprint density at radius 1 is 1.35 bits per heavy atom. The molecule has 17 heavy (non-hydrogen) atoms. The van der Waals surface area contributed by atoms with Crippen LogP contribution in [0.4, 0.5) is 10.1 Å². The van der Waals surface area contributed by atoms with Crippen LogP contribution in [0.5, 0.6) is 0 Å². The van der Waals surface area contributed by atoms with E-state index < -0.39 is 5.82 Å². The first-order chi connectivity index (χ1) is 8.25. The third-order valence-corrected chi connectivity index (χ3v) is 2.46. The third-order valence-electron chi connectivity index (χ3n) is 2.17. The number of rotatable bonds is 4. The van der Waals surface area contributed by atoms with Gasteiger partial charge in [-0.2, -0.15) is 0 Å². The zero-order valence-electron chi connectivity index (χ0n) is 8.99. The van der Waals surface area contributed by atoms with Gasteiger partial charge in [0.2, 0.25) is 0 Å². The van der Waals surface area contributed by atoms with Crippen LogP contribution >= 0.6 is 11.6 Å². The van der Waals surface area contributed by atoms with E-state index in [0.29, 0.717) is 6.54 Å². The van der Waals surface area contributed by atoms with Crippen molar-refractivity contribution in [1.29, 1.82) is 0 Å². The van der Waals surface area contributed by atoms with Crippen LogP contribution in [0.15, 0.2) is 47.1 Å². The molecule has 2 rings (SSSR count). The van der Waals surface area contributed by atoms with Crippen molar-refractivity contribution >= 4 is 23.4 Å². The molecule has 1 aromatic heterocycles. The topological polar surface area (TPSA) is 25.2 Å². The highest BCUT2D eigenvalue weighted by Crippen LogP contribution is 2.19. The van der Waals surface area contributed by atoms with E-state index in [1.165, 1.54) is 6.07 Å². The summed E-state index contributed by atoms with van der Waals surface area (Å²) in [5, 5.41) is 3.21. The summed E-state index contributed by atoms with van der Waals surface area (Å²) in [4.78, 5) is 0. The molecule has 0 aliphatic heterocycles. The Bertz CT molecular complexity index is 508. The Kier molecular flexibility index (Phi) is 3.83. The summed E-state index contributed by atoms with van der Waals surface area (Å²) < 4.78 is 18.0. The Labute approximate surface area is 104 Å². The largest absolute Gasteiger partial charge is 0.465 e. The molecule has 0 radical (unpaired) electrons. The average molecular weight is 252 g/mol. The highest BCUT2D eigenvalue weighted by atomic mass is 35.5. The number of hydrogen-bond acceptors (Lipinski definition) is 2. The zero-order valence-corrected chi connectivity index (χ0v) is 9.75. The molecule has 2 aromatic rings. The molecule has 0 aliphatic carbocycles. The molecule has 0 fully saturated rings. The van der Waals surface area contributed by atoms with Gasteiger partial charge >= 0.3 is 0 Å². The molecule has 4 heteroatoms. The molecule has 1 aromatic carbocycles. The quantitative estimate of drug-likeness (QED) is 0.881. The van der Waals surface area contributed by atoms with Crippen LogP contribution in [0.1, 0.15) is 5.76 Å². The smallest absolute Gasteiger partial charge is 0.141 e. The Balaban J connectivity index is 1.88. The second-order valence-electron chi connectivity index (χ2n) is 3.43. The van der Waals surface area contributed by atoms with Gasteiger partial charge < -0.3 is 9.73 Å². The molecular formula is C13H11ClFNO. The Morgan fingerprint density at radius 3 is 2.94 bits per heavy atom. The Morgan fingerprint density at radius 2 is 2.24 bits per heavy atom. The minimum absolute atomic E-state index is 0.116. The molecule has 0 unspecified atom stereocenters. The van der Waals surface area contributed by atoms with Crippen LogP contribution < -0.4 is 5.32 Å². The second kappa shape index (κ2) is 5.55. The standard InChI is InChI=1S/C13H11ClFNO/c14-12-9-10(5-6-13(12)15)16-7-1-3-11-4-2-8-17-11/h1-6,8-9,16H,7H2/b3-1+. The minimum atomic E-state index is -0.414. The van der Waals surface area contributed by atoms with E-state index in [1.54, 1.807) is 18.4 Å². The summed E-state index contributed by atoms with van der Waals surface area (Å²) in [7, 11) is 0. The molecule has 2 nitrogen and oxygen atoms in total. The SMILES string of the molecule is Fc1ccc(NC/C=C/c2ccco2)cc1Cl. The molecule has 0 saturated carbocycles. The molecule has 0 spiro atoms. The fourth-order valence-electron chi connectivity index (χ4n) is 1.34. The van der Waals surface area contributed by atoms with Crippen LogP contribution in [0.25, 0.3) is 6.08 Å². The molecule has 0 saturated heterocycles. The lowest BCUT2D eigenvalue weighted by atomic mass is 10.3. The van der Waals surface area contributed by atoms with Gasteiger partial charge in [-0.3, -0.25) is 0 Å².